The normalized spacial score (nSPS) is 16.5. The first-order valence-corrected chi connectivity index (χ1v) is 5.45. The van der Waals surface area contributed by atoms with Gasteiger partial charge in [-0.25, -0.2) is 14.9 Å². The van der Waals surface area contributed by atoms with Crippen molar-refractivity contribution in [2.45, 2.75) is 0 Å². The van der Waals surface area contributed by atoms with Gasteiger partial charge in [-0.05, 0) is 17.5 Å². The van der Waals surface area contributed by atoms with Crippen LogP contribution in [0.1, 0.15) is 20.7 Å². The molecule has 1 aromatic rings. The largest absolute Gasteiger partial charge is 0.618 e. The van der Waals surface area contributed by atoms with Gasteiger partial charge in [-0.15, -0.1) is 0 Å². The van der Waals surface area contributed by atoms with Crippen LogP contribution in [0.2, 0.25) is 0 Å². The summed E-state index contributed by atoms with van der Waals surface area (Å²) in [7, 11) is 0. The van der Waals surface area contributed by atoms with E-state index < -0.39 is 0 Å². The van der Waals surface area contributed by atoms with Crippen LogP contribution < -0.4 is 10.1 Å². The monoisotopic (exact) mass is 235 g/mol. The number of fused-ring (bicyclic) bond motifs is 1. The molecule has 0 aliphatic carbocycles. The highest BCUT2D eigenvalue weighted by Gasteiger charge is 2.31. The maximum Gasteiger partial charge on any atom is 0.351 e. The number of carbonyl (C=O) groups is 2. The lowest BCUT2D eigenvalue weighted by Crippen LogP contribution is -2.88. The van der Waals surface area contributed by atoms with Gasteiger partial charge in [0.2, 0.25) is 0 Å². The third-order valence-corrected chi connectivity index (χ3v) is 2.50. The predicted octanol–water partition coefficient (Wildman–Crippen LogP) is 0.542. The summed E-state index contributed by atoms with van der Waals surface area (Å²) in [5.41, 5.74) is 4.67. The van der Waals surface area contributed by atoms with E-state index in [9.17, 15) is 9.59 Å². The van der Waals surface area contributed by atoms with Gasteiger partial charge in [0.15, 0.2) is 0 Å². The molecule has 0 spiro atoms. The molecule has 0 atom stereocenters. The van der Waals surface area contributed by atoms with Crippen LogP contribution in [0.25, 0.3) is 5.43 Å². The van der Waals surface area contributed by atoms with E-state index in [2.05, 4.69) is 10.3 Å². The molecule has 2 aliphatic rings. The number of nitrogens with zero attached hydrogens (tertiary/aromatic N) is 1. The number of imide groups is 1. The smallest absolute Gasteiger partial charge is 0.351 e. The highest BCUT2D eigenvalue weighted by atomic mass is 32.2. The number of nitrogens with two attached hydrogens (primary N) is 1. The second kappa shape index (κ2) is 4.93. The first kappa shape index (κ1) is 10.9. The SMILES string of the molecule is C1=CSN[N-]1.O=C1[NH2+]C(=O)c2ccccc21. The van der Waals surface area contributed by atoms with Crippen LogP contribution in [-0.2, 0) is 0 Å². The minimum atomic E-state index is -0.175. The number of nitrogens with one attached hydrogen (secondary N) is 1. The lowest BCUT2D eigenvalue weighted by atomic mass is 10.1. The zero-order valence-electron chi connectivity index (χ0n) is 8.21. The van der Waals surface area contributed by atoms with E-state index in [0.29, 0.717) is 11.1 Å². The van der Waals surface area contributed by atoms with Crippen molar-refractivity contribution in [1.82, 2.24) is 4.83 Å². The first-order chi connectivity index (χ1) is 7.79. The molecule has 3 rings (SSSR count). The summed E-state index contributed by atoms with van der Waals surface area (Å²) in [6, 6.07) is 6.84. The molecule has 1 aromatic carbocycles. The molecule has 0 fully saturated rings. The Hall–Kier alpha value is -1.63. The van der Waals surface area contributed by atoms with Crippen molar-refractivity contribution in [1.29, 1.82) is 0 Å². The van der Waals surface area contributed by atoms with Crippen molar-refractivity contribution in [3.63, 3.8) is 0 Å². The number of hydrogen-bond acceptors (Lipinski definition) is 4. The van der Waals surface area contributed by atoms with Crippen LogP contribution in [0.5, 0.6) is 0 Å². The molecule has 0 bridgehead atoms. The Labute approximate surface area is 96.4 Å². The van der Waals surface area contributed by atoms with Crippen LogP contribution in [0.15, 0.2) is 35.9 Å². The fourth-order valence-electron chi connectivity index (χ4n) is 1.34. The van der Waals surface area contributed by atoms with E-state index in [1.807, 2.05) is 5.41 Å². The lowest BCUT2D eigenvalue weighted by molar-refractivity contribution is -0.445. The number of benzene rings is 1. The standard InChI is InChI=1S/C8H5NO2.C2H3N2S/c10-7-5-3-1-2-4-6(5)8(11)9-7;1-2-5-4-3-1/h1-4H,(H,9,10,11);1-2,4H/q;-1/p+1. The quantitative estimate of drug-likeness (QED) is 0.508. The van der Waals surface area contributed by atoms with E-state index in [1.165, 1.54) is 11.9 Å². The molecular formula is C10H9N3O2S. The third kappa shape index (κ3) is 2.30. The molecule has 0 aromatic heterocycles. The Morgan fingerprint density at radius 1 is 1.12 bits per heavy atom. The van der Waals surface area contributed by atoms with Gasteiger partial charge in [-0.3, -0.25) is 0 Å². The van der Waals surface area contributed by atoms with Gasteiger partial charge < -0.3 is 10.3 Å². The Kier molecular flexibility index (Phi) is 3.35. The lowest BCUT2D eigenvalue weighted by Gasteiger charge is -2.02. The van der Waals surface area contributed by atoms with Crippen molar-refractivity contribution in [2.24, 2.45) is 0 Å². The molecule has 6 heteroatoms. The fraction of sp³-hybridized carbons (Fsp3) is 0. The Balaban J connectivity index is 0.000000162. The third-order valence-electron chi connectivity index (χ3n) is 2.03. The van der Waals surface area contributed by atoms with E-state index in [0.717, 1.165) is 5.32 Å². The van der Waals surface area contributed by atoms with E-state index in [-0.39, 0.29) is 11.8 Å². The first-order valence-electron chi connectivity index (χ1n) is 4.57. The van der Waals surface area contributed by atoms with Crippen molar-refractivity contribution in [3.05, 3.63) is 52.4 Å². The molecule has 2 amide bonds. The minimum absolute atomic E-state index is 0.175. The summed E-state index contributed by atoms with van der Waals surface area (Å²) in [4.78, 5) is 24.7. The number of rotatable bonds is 0. The molecule has 0 radical (unpaired) electrons. The van der Waals surface area contributed by atoms with Gasteiger partial charge in [0, 0.05) is 0 Å². The molecule has 0 unspecified atom stereocenters. The van der Waals surface area contributed by atoms with Gasteiger partial charge in [0.05, 0.1) is 11.1 Å². The Bertz CT molecular complexity index is 420. The average Bonchev–Trinajstić information content (AvgIpc) is 2.94. The molecule has 2 aliphatic heterocycles. The minimum Gasteiger partial charge on any atom is -0.618 e. The van der Waals surface area contributed by atoms with E-state index in [4.69, 9.17) is 0 Å². The van der Waals surface area contributed by atoms with E-state index >= 15 is 0 Å². The molecule has 0 saturated heterocycles. The average molecular weight is 235 g/mol. The van der Waals surface area contributed by atoms with Crippen molar-refractivity contribution in [3.8, 4) is 0 Å². The molecule has 16 heavy (non-hydrogen) atoms. The summed E-state index contributed by atoms with van der Waals surface area (Å²) in [5.74, 6) is -0.351. The number of amides is 2. The highest BCUT2D eigenvalue weighted by Crippen LogP contribution is 2.09. The van der Waals surface area contributed by atoms with Gasteiger partial charge in [-0.2, -0.15) is 6.20 Å². The summed E-state index contributed by atoms with van der Waals surface area (Å²) in [6.45, 7) is 0. The molecule has 5 nitrogen and oxygen atoms in total. The number of hydrogen-bond donors (Lipinski definition) is 2. The topological polar surface area (TPSA) is 76.9 Å². The van der Waals surface area contributed by atoms with Gasteiger partial charge in [0.25, 0.3) is 0 Å². The Morgan fingerprint density at radius 2 is 1.75 bits per heavy atom. The molecule has 82 valence electrons. The van der Waals surface area contributed by atoms with Gasteiger partial charge >= 0.3 is 11.8 Å². The molecule has 2 heterocycles. The summed E-state index contributed by atoms with van der Waals surface area (Å²) < 4.78 is 0. The van der Waals surface area contributed by atoms with Gasteiger partial charge in [0.1, 0.15) is 0 Å². The molecular weight excluding hydrogens is 226 g/mol. The van der Waals surface area contributed by atoms with Crippen LogP contribution >= 0.6 is 11.9 Å². The van der Waals surface area contributed by atoms with Crippen molar-refractivity contribution >= 4 is 23.8 Å². The Morgan fingerprint density at radius 3 is 2.12 bits per heavy atom. The number of carbonyl (C=O) groups excluding carboxylic acids is 2. The van der Waals surface area contributed by atoms with Crippen LogP contribution in [0, 0.1) is 0 Å². The number of primary amides is 2. The molecule has 3 N–H and O–H groups in total. The van der Waals surface area contributed by atoms with Crippen LogP contribution in [-0.4, -0.2) is 11.8 Å². The second-order valence-corrected chi connectivity index (χ2v) is 3.73. The van der Waals surface area contributed by atoms with Crippen molar-refractivity contribution < 1.29 is 14.9 Å². The summed E-state index contributed by atoms with van der Waals surface area (Å²) >= 11 is 1.48. The fourth-order valence-corrected chi connectivity index (χ4v) is 1.64. The van der Waals surface area contributed by atoms with Gasteiger partial charge in [-0.1, -0.05) is 24.1 Å². The zero-order chi connectivity index (χ0) is 11.4. The number of quaternary nitrogens is 1. The van der Waals surface area contributed by atoms with Crippen LogP contribution in [0.3, 0.4) is 0 Å². The predicted molar refractivity (Wildman–Crippen MR) is 60.3 cm³/mol. The van der Waals surface area contributed by atoms with Crippen molar-refractivity contribution in [2.75, 3.05) is 0 Å². The van der Waals surface area contributed by atoms with Crippen LogP contribution in [0.4, 0.5) is 0 Å². The molecule has 0 saturated carbocycles. The van der Waals surface area contributed by atoms with E-state index in [1.54, 1.807) is 30.5 Å². The highest BCUT2D eigenvalue weighted by molar-refractivity contribution is 8.00. The maximum absolute atomic E-state index is 11.0. The second-order valence-electron chi connectivity index (χ2n) is 3.04. The maximum atomic E-state index is 11.0. The summed E-state index contributed by atoms with van der Waals surface area (Å²) in [5, 5.41) is 3.00. The summed E-state index contributed by atoms with van der Waals surface area (Å²) in [6.07, 6.45) is 1.71. The zero-order valence-corrected chi connectivity index (χ0v) is 9.03.